The van der Waals surface area contributed by atoms with Crippen LogP contribution >= 0.6 is 0 Å². The molecule has 4 amide bonds. The first kappa shape index (κ1) is 38.3. The molecule has 0 aliphatic carbocycles. The topological polar surface area (TPSA) is 192 Å². The van der Waals surface area contributed by atoms with Gasteiger partial charge in [-0.25, -0.2) is 23.1 Å². The fourth-order valence-electron chi connectivity index (χ4n) is 6.98. The van der Waals surface area contributed by atoms with Gasteiger partial charge in [-0.05, 0) is 43.0 Å². The van der Waals surface area contributed by atoms with Crippen LogP contribution in [-0.4, -0.2) is 115 Å². The van der Waals surface area contributed by atoms with E-state index in [2.05, 4.69) is 25.8 Å². The van der Waals surface area contributed by atoms with Crippen LogP contribution in [0.25, 0.3) is 16.7 Å². The minimum Gasteiger partial charge on any atom is -0.379 e. The highest BCUT2D eigenvalue weighted by molar-refractivity contribution is 6.08. The van der Waals surface area contributed by atoms with Crippen molar-refractivity contribution in [1.82, 2.24) is 43.7 Å². The van der Waals surface area contributed by atoms with Crippen molar-refractivity contribution >= 4 is 51.8 Å². The molecule has 1 atom stereocenters. The number of nitrogens with one attached hydrogen (secondary N) is 2. The number of aryl methyl sites for hydroxylation is 3. The second-order valence-corrected chi connectivity index (χ2v) is 13.6. The molecule has 18 nitrogen and oxygen atoms in total. The van der Waals surface area contributed by atoms with E-state index in [1.54, 1.807) is 24.2 Å². The molecule has 1 unspecified atom stereocenters. The zero-order valence-electron chi connectivity index (χ0n) is 30.8. The Labute approximate surface area is 317 Å². The van der Waals surface area contributed by atoms with Gasteiger partial charge in [0.05, 0.1) is 36.1 Å². The van der Waals surface area contributed by atoms with Crippen molar-refractivity contribution in [2.45, 2.75) is 38.2 Å². The summed E-state index contributed by atoms with van der Waals surface area (Å²) in [6, 6.07) is 6.71. The van der Waals surface area contributed by atoms with Crippen molar-refractivity contribution in [3.8, 4) is 0 Å². The number of piperazine rings is 1. The van der Waals surface area contributed by atoms with E-state index in [0.29, 0.717) is 62.7 Å². The third-order valence-electron chi connectivity index (χ3n) is 9.89. The Morgan fingerprint density at radius 1 is 1.02 bits per heavy atom. The van der Waals surface area contributed by atoms with Crippen LogP contribution < -0.4 is 21.2 Å². The Kier molecular flexibility index (Phi) is 11.2. The molecule has 20 heteroatoms. The van der Waals surface area contributed by atoms with Crippen LogP contribution in [0.4, 0.5) is 20.3 Å². The van der Waals surface area contributed by atoms with Gasteiger partial charge in [-0.3, -0.25) is 38.3 Å². The van der Waals surface area contributed by atoms with Crippen molar-refractivity contribution in [2.75, 3.05) is 62.8 Å². The van der Waals surface area contributed by atoms with Crippen molar-refractivity contribution in [3.05, 3.63) is 70.2 Å². The Bertz CT molecular complexity index is 2340. The van der Waals surface area contributed by atoms with Gasteiger partial charge in [0.25, 0.3) is 12.3 Å². The quantitative estimate of drug-likeness (QED) is 0.123. The Morgan fingerprint density at radius 3 is 2.57 bits per heavy atom. The maximum absolute atomic E-state index is 13.4. The Hall–Kier alpha value is -6.02. The maximum Gasteiger partial charge on any atom is 0.329 e. The average Bonchev–Trinajstić information content (AvgIpc) is 3.85. The van der Waals surface area contributed by atoms with Gasteiger partial charge in [-0.1, -0.05) is 6.07 Å². The zero-order valence-corrected chi connectivity index (χ0v) is 30.8. The van der Waals surface area contributed by atoms with E-state index in [9.17, 15) is 32.8 Å². The molecule has 0 bridgehead atoms. The third kappa shape index (κ3) is 8.01. The number of rotatable bonds is 14. The van der Waals surface area contributed by atoms with Crippen molar-refractivity contribution in [3.63, 3.8) is 0 Å². The zero-order chi connectivity index (χ0) is 39.5. The number of halogens is 2. The van der Waals surface area contributed by atoms with Gasteiger partial charge in [0.2, 0.25) is 17.7 Å². The van der Waals surface area contributed by atoms with Crippen LogP contribution in [0, 0.1) is 0 Å². The molecule has 2 fully saturated rings. The molecule has 0 saturated carbocycles. The summed E-state index contributed by atoms with van der Waals surface area (Å²) in [5.74, 6) is -1.01. The lowest BCUT2D eigenvalue weighted by molar-refractivity contribution is -0.137. The second kappa shape index (κ2) is 16.4. The molecular weight excluding hydrogens is 736 g/mol. The smallest absolute Gasteiger partial charge is 0.329 e. The van der Waals surface area contributed by atoms with E-state index in [1.165, 1.54) is 37.8 Å². The highest BCUT2D eigenvalue weighted by Crippen LogP contribution is 2.27. The molecule has 56 heavy (non-hydrogen) atoms. The lowest BCUT2D eigenvalue weighted by atomic mass is 10.1. The molecule has 7 rings (SSSR count). The van der Waals surface area contributed by atoms with Gasteiger partial charge in [-0.15, -0.1) is 0 Å². The van der Waals surface area contributed by atoms with Crippen LogP contribution in [-0.2, 0) is 44.4 Å². The number of fused-ring (bicyclic) bond motifs is 2. The number of anilines is 2. The number of amides is 4. The van der Waals surface area contributed by atoms with Crippen LogP contribution in [0.15, 0.2) is 47.7 Å². The first-order chi connectivity index (χ1) is 27.0. The van der Waals surface area contributed by atoms with E-state index in [4.69, 9.17) is 9.47 Å². The van der Waals surface area contributed by atoms with E-state index in [-0.39, 0.29) is 60.5 Å². The van der Waals surface area contributed by atoms with E-state index < -0.39 is 30.0 Å². The molecule has 6 heterocycles. The molecule has 2 aliphatic rings. The fraction of sp³-hybridized carbons (Fsp3) is 0.444. The van der Waals surface area contributed by atoms with E-state index in [1.807, 2.05) is 23.1 Å². The number of imide groups is 1. The maximum atomic E-state index is 13.4. The Balaban J connectivity index is 0.816. The summed E-state index contributed by atoms with van der Waals surface area (Å²) in [5.41, 5.74) is 1.79. The first-order valence-electron chi connectivity index (χ1n) is 18.2. The predicted molar refractivity (Wildman–Crippen MR) is 196 cm³/mol. The normalized spacial score (nSPS) is 16.3. The minimum atomic E-state index is -2.86. The molecule has 0 spiro atoms. The summed E-state index contributed by atoms with van der Waals surface area (Å²) < 4.78 is 43.6. The number of benzene rings is 1. The summed E-state index contributed by atoms with van der Waals surface area (Å²) in [6.45, 7) is 2.84. The first-order valence-corrected chi connectivity index (χ1v) is 18.2. The Morgan fingerprint density at radius 2 is 1.80 bits per heavy atom. The van der Waals surface area contributed by atoms with Crippen LogP contribution in [0.5, 0.6) is 0 Å². The molecule has 1 aromatic carbocycles. The van der Waals surface area contributed by atoms with Gasteiger partial charge in [0.15, 0.2) is 11.3 Å². The number of aromatic nitrogens is 7. The molecule has 2 saturated heterocycles. The fourth-order valence-corrected chi connectivity index (χ4v) is 6.98. The summed E-state index contributed by atoms with van der Waals surface area (Å²) in [4.78, 5) is 71.2. The number of carbonyl (C=O) groups is 4. The predicted octanol–water partition coefficient (Wildman–Crippen LogP) is 1.60. The van der Waals surface area contributed by atoms with Gasteiger partial charge < -0.3 is 24.6 Å². The highest BCUT2D eigenvalue weighted by atomic mass is 19.3. The lowest BCUT2D eigenvalue weighted by Crippen LogP contribution is -2.50. The van der Waals surface area contributed by atoms with E-state index >= 15 is 0 Å². The standard InChI is InChI=1S/C36H41F2N11O7/c1-44-20-24(31(43-44)32(37)38)40-34(52)23-19-39-48-10-9-28(41-33(23)48)46-11-13-47(14-12-46)30(51)21-56-17-16-55-15-3-4-22-5-6-25-27(18-22)45(2)36(54)49(25)26-7-8-29(50)42-35(26)53/h5-6,9-10,18-20,26,32H,3-4,7-8,11-17,21H2,1-2H3,(H,40,52)(H,42,50,53). The minimum absolute atomic E-state index is 0.0801. The van der Waals surface area contributed by atoms with Crippen LogP contribution in [0.3, 0.4) is 0 Å². The second-order valence-electron chi connectivity index (χ2n) is 13.6. The average molecular weight is 778 g/mol. The molecule has 4 aromatic heterocycles. The monoisotopic (exact) mass is 777 g/mol. The number of hydrogen-bond donors (Lipinski definition) is 2. The number of imidazole rings is 1. The number of piperidine rings is 1. The largest absolute Gasteiger partial charge is 0.379 e. The summed E-state index contributed by atoms with van der Waals surface area (Å²) in [6.07, 6.45) is 3.31. The van der Waals surface area contributed by atoms with Gasteiger partial charge >= 0.3 is 5.69 Å². The lowest BCUT2D eigenvalue weighted by Gasteiger charge is -2.35. The molecular formula is C36H41F2N11O7. The van der Waals surface area contributed by atoms with Gasteiger partial charge in [0.1, 0.15) is 24.0 Å². The highest BCUT2D eigenvalue weighted by Gasteiger charge is 2.31. The summed E-state index contributed by atoms with van der Waals surface area (Å²) in [5, 5.41) is 12.7. The molecule has 5 aromatic rings. The van der Waals surface area contributed by atoms with Crippen molar-refractivity contribution in [2.24, 2.45) is 14.1 Å². The van der Waals surface area contributed by atoms with Crippen LogP contribution in [0.1, 0.15) is 53.3 Å². The number of ether oxygens (including phenoxy) is 2. The van der Waals surface area contributed by atoms with Crippen molar-refractivity contribution in [1.29, 1.82) is 0 Å². The number of carbonyl (C=O) groups excluding carboxylic acids is 4. The summed E-state index contributed by atoms with van der Waals surface area (Å²) >= 11 is 0. The van der Waals surface area contributed by atoms with Gasteiger partial charge in [-0.2, -0.15) is 10.2 Å². The molecule has 296 valence electrons. The third-order valence-corrected chi connectivity index (χ3v) is 9.89. The van der Waals surface area contributed by atoms with Crippen LogP contribution in [0.2, 0.25) is 0 Å². The number of alkyl halides is 2. The molecule has 0 radical (unpaired) electrons. The van der Waals surface area contributed by atoms with Gasteiger partial charge in [0, 0.05) is 65.7 Å². The summed E-state index contributed by atoms with van der Waals surface area (Å²) in [7, 11) is 3.15. The molecule has 2 aliphatic heterocycles. The molecule has 2 N–H and O–H groups in total. The van der Waals surface area contributed by atoms with E-state index in [0.717, 1.165) is 12.0 Å². The number of hydrogen-bond acceptors (Lipinski definition) is 11. The van der Waals surface area contributed by atoms with Crippen molar-refractivity contribution < 1.29 is 37.4 Å². The SMILES string of the molecule is Cn1cc(NC(=O)c2cnn3ccc(N4CCN(C(=O)COCCOCCCc5ccc6c(c5)n(C)c(=O)n6C5CCC(=O)NC5=O)CC4)nc23)c(C(F)F)n1. The number of nitrogens with zero attached hydrogens (tertiary/aromatic N) is 9.